The third kappa shape index (κ3) is 3.24. The van der Waals surface area contributed by atoms with E-state index in [0.717, 1.165) is 50.1 Å². The summed E-state index contributed by atoms with van der Waals surface area (Å²) in [5.41, 5.74) is 9.51. The van der Waals surface area contributed by atoms with Gasteiger partial charge in [0.2, 0.25) is 0 Å². The van der Waals surface area contributed by atoms with Gasteiger partial charge in [-0.15, -0.1) is 11.3 Å². The molecule has 1 N–H and O–H groups in total. The molecule has 0 aliphatic rings. The summed E-state index contributed by atoms with van der Waals surface area (Å²) < 4.78 is 2.20. The van der Waals surface area contributed by atoms with Crippen LogP contribution in [0.5, 0.6) is 0 Å². The van der Waals surface area contributed by atoms with Crippen molar-refractivity contribution < 1.29 is 0 Å². The number of aromatic amines is 1. The smallest absolute Gasteiger partial charge is 0.128 e. The molecule has 0 saturated heterocycles. The van der Waals surface area contributed by atoms with Crippen LogP contribution in [0.25, 0.3) is 39.6 Å². The molecule has 0 aliphatic carbocycles. The van der Waals surface area contributed by atoms with Gasteiger partial charge in [-0.2, -0.15) is 0 Å². The zero-order valence-electron chi connectivity index (χ0n) is 17.9. The molecule has 0 atom stereocenters. The molecule has 3 heterocycles. The standard InChI is InChI=1S/C27H25N3S/c1-5-20-9-7-8-10-21(20)16-19-11-12-22(17(3)15-19)30-18(4)29-26-24(6-2)31-27-25(26)23(30)13-14-28-27/h6-15,29H,2,4-5,16H2,1,3H3. The van der Waals surface area contributed by atoms with Gasteiger partial charge in [-0.3, -0.25) is 4.57 Å². The van der Waals surface area contributed by atoms with Crippen molar-refractivity contribution in [3.05, 3.63) is 93.9 Å². The SMILES string of the molecule is C=Cc1sc2nccc3c2c1[nH]c(=C)n3-c1ccc(Cc2ccccc2CC)cc1C. The highest BCUT2D eigenvalue weighted by Crippen LogP contribution is 2.34. The van der Waals surface area contributed by atoms with Crippen molar-refractivity contribution in [3.8, 4) is 5.69 Å². The maximum Gasteiger partial charge on any atom is 0.128 e. The van der Waals surface area contributed by atoms with E-state index in [9.17, 15) is 0 Å². The molecule has 5 aromatic rings. The molecule has 0 radical (unpaired) electrons. The second-order valence-electron chi connectivity index (χ2n) is 7.88. The average molecular weight is 424 g/mol. The van der Waals surface area contributed by atoms with Crippen molar-refractivity contribution in [2.45, 2.75) is 26.7 Å². The Bertz CT molecular complexity index is 1500. The van der Waals surface area contributed by atoms with Crippen LogP contribution in [0.4, 0.5) is 0 Å². The van der Waals surface area contributed by atoms with Crippen LogP contribution in [0.15, 0.2) is 61.3 Å². The van der Waals surface area contributed by atoms with Crippen LogP contribution in [0, 0.1) is 6.92 Å². The van der Waals surface area contributed by atoms with Gasteiger partial charge in [-0.25, -0.2) is 4.98 Å². The highest BCUT2D eigenvalue weighted by atomic mass is 32.1. The van der Waals surface area contributed by atoms with Gasteiger partial charge < -0.3 is 4.98 Å². The number of hydrogen-bond acceptors (Lipinski definition) is 2. The molecule has 0 saturated carbocycles. The molecule has 154 valence electrons. The van der Waals surface area contributed by atoms with E-state index in [-0.39, 0.29) is 0 Å². The Kier molecular flexibility index (Phi) is 4.87. The van der Waals surface area contributed by atoms with E-state index < -0.39 is 0 Å². The monoisotopic (exact) mass is 423 g/mol. The fourth-order valence-electron chi connectivity index (χ4n) is 4.47. The lowest BCUT2D eigenvalue weighted by Gasteiger charge is -2.16. The lowest BCUT2D eigenvalue weighted by Crippen LogP contribution is -2.22. The van der Waals surface area contributed by atoms with Crippen LogP contribution in [0.2, 0.25) is 0 Å². The van der Waals surface area contributed by atoms with E-state index in [2.05, 4.69) is 90.1 Å². The number of rotatable bonds is 5. The first kappa shape index (κ1) is 19.6. The van der Waals surface area contributed by atoms with Crippen LogP contribution >= 0.6 is 11.3 Å². The van der Waals surface area contributed by atoms with Crippen molar-refractivity contribution in [1.82, 2.24) is 14.5 Å². The number of nitrogens with zero attached hydrogens (tertiary/aromatic N) is 2. The van der Waals surface area contributed by atoms with Crippen molar-refractivity contribution >= 4 is 45.2 Å². The van der Waals surface area contributed by atoms with Gasteiger partial charge in [-0.05, 0) is 60.2 Å². The second-order valence-corrected chi connectivity index (χ2v) is 8.91. The van der Waals surface area contributed by atoms with Gasteiger partial charge >= 0.3 is 0 Å². The zero-order valence-corrected chi connectivity index (χ0v) is 18.7. The zero-order chi connectivity index (χ0) is 21.5. The Morgan fingerprint density at radius 2 is 1.94 bits per heavy atom. The van der Waals surface area contributed by atoms with Gasteiger partial charge in [0.1, 0.15) is 10.3 Å². The molecule has 5 rings (SSSR count). The van der Waals surface area contributed by atoms with E-state index in [1.54, 1.807) is 11.3 Å². The normalized spacial score (nSPS) is 11.4. The van der Waals surface area contributed by atoms with Crippen LogP contribution in [-0.4, -0.2) is 14.5 Å². The summed E-state index contributed by atoms with van der Waals surface area (Å²) in [5, 5.41) is 1.13. The molecule has 0 unspecified atom stereocenters. The minimum absolute atomic E-state index is 0.841. The Balaban J connectivity index is 1.64. The van der Waals surface area contributed by atoms with Gasteiger partial charge in [0.15, 0.2) is 0 Å². The van der Waals surface area contributed by atoms with Crippen molar-refractivity contribution in [3.63, 3.8) is 0 Å². The highest BCUT2D eigenvalue weighted by molar-refractivity contribution is 7.20. The van der Waals surface area contributed by atoms with Gasteiger partial charge in [0, 0.05) is 6.20 Å². The van der Waals surface area contributed by atoms with E-state index in [4.69, 9.17) is 0 Å². The molecule has 0 amide bonds. The topological polar surface area (TPSA) is 33.6 Å². The fourth-order valence-corrected chi connectivity index (χ4v) is 5.44. The van der Waals surface area contributed by atoms with Crippen molar-refractivity contribution in [2.24, 2.45) is 0 Å². The molecule has 31 heavy (non-hydrogen) atoms. The Hall–Kier alpha value is -3.37. The molecular formula is C27H25N3S. The minimum Gasteiger partial charge on any atom is -0.340 e. The van der Waals surface area contributed by atoms with Crippen molar-refractivity contribution in [1.29, 1.82) is 0 Å². The number of benzene rings is 2. The van der Waals surface area contributed by atoms with Crippen LogP contribution in [0.1, 0.15) is 34.1 Å². The Morgan fingerprint density at radius 3 is 2.68 bits per heavy atom. The molecule has 3 nitrogen and oxygen atoms in total. The average Bonchev–Trinajstić information content (AvgIpc) is 3.14. The Labute approximate surface area is 186 Å². The summed E-state index contributed by atoms with van der Waals surface area (Å²) in [6.07, 6.45) is 5.76. The van der Waals surface area contributed by atoms with Crippen LogP contribution < -0.4 is 5.48 Å². The summed E-state index contributed by atoms with van der Waals surface area (Å²) in [5.74, 6) is 0. The maximum atomic E-state index is 4.58. The van der Waals surface area contributed by atoms with E-state index >= 15 is 0 Å². The van der Waals surface area contributed by atoms with Gasteiger partial charge in [-0.1, -0.05) is 56.5 Å². The quantitative estimate of drug-likeness (QED) is 0.350. The second kappa shape index (κ2) is 7.71. The number of aryl methyl sites for hydroxylation is 2. The van der Waals surface area contributed by atoms with E-state index in [1.807, 2.05) is 12.3 Å². The third-order valence-corrected chi connectivity index (χ3v) is 7.05. The molecule has 4 heteroatoms. The maximum absolute atomic E-state index is 4.58. The predicted molar refractivity (Wildman–Crippen MR) is 134 cm³/mol. The lowest BCUT2D eigenvalue weighted by molar-refractivity contribution is 0.974. The summed E-state index contributed by atoms with van der Waals surface area (Å²) in [4.78, 5) is 10.2. The van der Waals surface area contributed by atoms with E-state index in [1.165, 1.54) is 22.3 Å². The number of aromatic nitrogens is 3. The molecule has 0 spiro atoms. The molecule has 2 aromatic carbocycles. The lowest BCUT2D eigenvalue weighted by atomic mass is 9.97. The molecular weight excluding hydrogens is 398 g/mol. The summed E-state index contributed by atoms with van der Waals surface area (Å²) in [7, 11) is 0. The van der Waals surface area contributed by atoms with Gasteiger partial charge in [0.05, 0.1) is 27.0 Å². The molecule has 0 aliphatic heterocycles. The molecule has 0 bridgehead atoms. The predicted octanol–water partition coefficient (Wildman–Crippen LogP) is 6.36. The number of nitrogens with one attached hydrogen (secondary N) is 1. The van der Waals surface area contributed by atoms with Crippen LogP contribution in [0.3, 0.4) is 0 Å². The molecule has 0 fully saturated rings. The Morgan fingerprint density at radius 1 is 1.13 bits per heavy atom. The summed E-state index contributed by atoms with van der Waals surface area (Å²) >= 11 is 1.65. The fraction of sp³-hybridized carbons (Fsp3) is 0.148. The summed E-state index contributed by atoms with van der Waals surface area (Å²) in [6.45, 7) is 12.7. The minimum atomic E-state index is 0.841. The largest absolute Gasteiger partial charge is 0.340 e. The highest BCUT2D eigenvalue weighted by Gasteiger charge is 2.15. The number of hydrogen-bond donors (Lipinski definition) is 1. The van der Waals surface area contributed by atoms with Gasteiger partial charge in [0.25, 0.3) is 0 Å². The third-order valence-electron chi connectivity index (χ3n) is 5.96. The number of thiophene rings is 1. The van der Waals surface area contributed by atoms with Crippen molar-refractivity contribution in [2.75, 3.05) is 0 Å². The first-order chi connectivity index (χ1) is 15.1. The van der Waals surface area contributed by atoms with Crippen LogP contribution in [-0.2, 0) is 12.8 Å². The molecule has 3 aromatic heterocycles. The number of H-pyrrole nitrogens is 1. The summed E-state index contributed by atoms with van der Waals surface area (Å²) in [6, 6.07) is 17.5. The first-order valence-corrected chi connectivity index (χ1v) is 11.4. The van der Waals surface area contributed by atoms with E-state index in [0.29, 0.717) is 0 Å². The first-order valence-electron chi connectivity index (χ1n) is 10.6. The number of pyridine rings is 1.